The standard InChI is InChI=1S/C21H27N/c1-4-17-5-7-19(8-6-17)14-21(15-22)20-11-9-18(10-12-20)13-16(2)3/h4-12,16,21H,1,13-15,22H2,2-3H3. The molecule has 0 aromatic heterocycles. The van der Waals surface area contributed by atoms with E-state index in [2.05, 4.69) is 69.0 Å². The van der Waals surface area contributed by atoms with Gasteiger partial charge < -0.3 is 5.73 Å². The Morgan fingerprint density at radius 1 is 0.909 bits per heavy atom. The number of benzene rings is 2. The van der Waals surface area contributed by atoms with E-state index in [1.807, 2.05) is 6.08 Å². The number of nitrogens with two attached hydrogens (primary N) is 1. The van der Waals surface area contributed by atoms with Gasteiger partial charge in [0.2, 0.25) is 0 Å². The van der Waals surface area contributed by atoms with Crippen molar-refractivity contribution in [3.05, 3.63) is 77.4 Å². The third-order valence-electron chi connectivity index (χ3n) is 4.08. The van der Waals surface area contributed by atoms with Gasteiger partial charge in [0.1, 0.15) is 0 Å². The van der Waals surface area contributed by atoms with Crippen molar-refractivity contribution in [2.75, 3.05) is 6.54 Å². The Morgan fingerprint density at radius 3 is 1.95 bits per heavy atom. The molecule has 0 aliphatic carbocycles. The molecule has 0 aliphatic rings. The topological polar surface area (TPSA) is 26.0 Å². The van der Waals surface area contributed by atoms with Crippen LogP contribution in [0.2, 0.25) is 0 Å². The monoisotopic (exact) mass is 293 g/mol. The Morgan fingerprint density at radius 2 is 1.45 bits per heavy atom. The number of hydrogen-bond acceptors (Lipinski definition) is 1. The summed E-state index contributed by atoms with van der Waals surface area (Å²) < 4.78 is 0. The second-order valence-corrected chi connectivity index (χ2v) is 6.42. The van der Waals surface area contributed by atoms with Gasteiger partial charge in [-0.2, -0.15) is 0 Å². The molecule has 0 saturated carbocycles. The molecule has 22 heavy (non-hydrogen) atoms. The van der Waals surface area contributed by atoms with Gasteiger partial charge in [-0.25, -0.2) is 0 Å². The Kier molecular flexibility index (Phi) is 5.97. The van der Waals surface area contributed by atoms with E-state index >= 15 is 0 Å². The summed E-state index contributed by atoms with van der Waals surface area (Å²) in [5.41, 5.74) is 11.2. The van der Waals surface area contributed by atoms with E-state index in [1.165, 1.54) is 16.7 Å². The van der Waals surface area contributed by atoms with Crippen molar-refractivity contribution < 1.29 is 0 Å². The van der Waals surface area contributed by atoms with E-state index in [0.717, 1.165) is 18.4 Å². The highest BCUT2D eigenvalue weighted by Crippen LogP contribution is 2.22. The van der Waals surface area contributed by atoms with Crippen molar-refractivity contribution in [3.63, 3.8) is 0 Å². The summed E-state index contributed by atoms with van der Waals surface area (Å²) in [5.74, 6) is 1.07. The first kappa shape index (κ1) is 16.5. The summed E-state index contributed by atoms with van der Waals surface area (Å²) in [5, 5.41) is 0. The van der Waals surface area contributed by atoms with Crippen molar-refractivity contribution in [1.82, 2.24) is 0 Å². The molecule has 2 rings (SSSR count). The first-order valence-corrected chi connectivity index (χ1v) is 8.12. The van der Waals surface area contributed by atoms with E-state index in [-0.39, 0.29) is 0 Å². The van der Waals surface area contributed by atoms with Crippen LogP contribution in [0.5, 0.6) is 0 Å². The van der Waals surface area contributed by atoms with Crippen LogP contribution in [0.25, 0.3) is 6.08 Å². The second-order valence-electron chi connectivity index (χ2n) is 6.42. The minimum absolute atomic E-state index is 0.377. The highest BCUT2D eigenvalue weighted by Gasteiger charge is 2.11. The normalized spacial score (nSPS) is 12.4. The first-order valence-electron chi connectivity index (χ1n) is 8.12. The van der Waals surface area contributed by atoms with E-state index < -0.39 is 0 Å². The van der Waals surface area contributed by atoms with Crippen molar-refractivity contribution >= 4 is 6.08 Å². The predicted octanol–water partition coefficient (Wildman–Crippen LogP) is 4.81. The Labute approximate surface area is 134 Å². The molecule has 116 valence electrons. The van der Waals surface area contributed by atoms with Gasteiger partial charge in [0.05, 0.1) is 0 Å². The van der Waals surface area contributed by atoms with Crippen LogP contribution in [0.3, 0.4) is 0 Å². The van der Waals surface area contributed by atoms with E-state index in [0.29, 0.717) is 18.4 Å². The maximum atomic E-state index is 6.01. The zero-order valence-electron chi connectivity index (χ0n) is 13.8. The van der Waals surface area contributed by atoms with Crippen molar-refractivity contribution in [2.45, 2.75) is 32.6 Å². The zero-order valence-corrected chi connectivity index (χ0v) is 13.8. The predicted molar refractivity (Wildman–Crippen MR) is 97.0 cm³/mol. The Hall–Kier alpha value is -1.86. The van der Waals surface area contributed by atoms with Crippen LogP contribution in [0, 0.1) is 5.92 Å². The van der Waals surface area contributed by atoms with Crippen LogP contribution in [-0.4, -0.2) is 6.54 Å². The number of rotatable bonds is 7. The maximum absolute atomic E-state index is 6.01. The molecule has 0 fully saturated rings. The van der Waals surface area contributed by atoms with Crippen LogP contribution in [0.4, 0.5) is 0 Å². The lowest BCUT2D eigenvalue weighted by atomic mass is 9.90. The molecule has 2 N–H and O–H groups in total. The van der Waals surface area contributed by atoms with Crippen molar-refractivity contribution in [1.29, 1.82) is 0 Å². The fourth-order valence-corrected chi connectivity index (χ4v) is 2.81. The van der Waals surface area contributed by atoms with Crippen LogP contribution >= 0.6 is 0 Å². The van der Waals surface area contributed by atoms with Crippen molar-refractivity contribution in [3.8, 4) is 0 Å². The van der Waals surface area contributed by atoms with Crippen LogP contribution < -0.4 is 5.73 Å². The molecule has 1 atom stereocenters. The van der Waals surface area contributed by atoms with Gasteiger partial charge in [-0.05, 0) is 47.6 Å². The molecule has 0 spiro atoms. The summed E-state index contributed by atoms with van der Waals surface area (Å²) in [4.78, 5) is 0. The molecule has 1 heteroatoms. The largest absolute Gasteiger partial charge is 0.330 e. The molecule has 2 aromatic rings. The van der Waals surface area contributed by atoms with Crippen molar-refractivity contribution in [2.24, 2.45) is 11.7 Å². The third-order valence-corrected chi connectivity index (χ3v) is 4.08. The number of hydrogen-bond donors (Lipinski definition) is 1. The van der Waals surface area contributed by atoms with Gasteiger partial charge in [0.15, 0.2) is 0 Å². The smallest absolute Gasteiger partial charge is 0.000157 e. The first-order chi connectivity index (χ1) is 10.6. The van der Waals surface area contributed by atoms with Crippen LogP contribution in [0.1, 0.15) is 42.0 Å². The molecule has 0 saturated heterocycles. The fraction of sp³-hybridized carbons (Fsp3) is 0.333. The summed E-state index contributed by atoms with van der Waals surface area (Å²) in [7, 11) is 0. The molecular weight excluding hydrogens is 266 g/mol. The summed E-state index contributed by atoms with van der Waals surface area (Å²) >= 11 is 0. The van der Waals surface area contributed by atoms with E-state index in [9.17, 15) is 0 Å². The average molecular weight is 293 g/mol. The van der Waals surface area contributed by atoms with Gasteiger partial charge >= 0.3 is 0 Å². The second kappa shape index (κ2) is 7.95. The van der Waals surface area contributed by atoms with Crippen LogP contribution in [-0.2, 0) is 12.8 Å². The molecule has 0 aliphatic heterocycles. The van der Waals surface area contributed by atoms with Gasteiger partial charge in [-0.3, -0.25) is 0 Å². The fourth-order valence-electron chi connectivity index (χ4n) is 2.81. The molecule has 0 amide bonds. The zero-order chi connectivity index (χ0) is 15.9. The lowest BCUT2D eigenvalue weighted by molar-refractivity contribution is 0.645. The van der Waals surface area contributed by atoms with E-state index in [1.54, 1.807) is 0 Å². The van der Waals surface area contributed by atoms with Gasteiger partial charge in [-0.15, -0.1) is 0 Å². The summed E-state index contributed by atoms with van der Waals surface area (Å²) in [6.45, 7) is 8.97. The molecule has 1 nitrogen and oxygen atoms in total. The molecule has 2 aromatic carbocycles. The minimum Gasteiger partial charge on any atom is -0.330 e. The van der Waals surface area contributed by atoms with E-state index in [4.69, 9.17) is 5.73 Å². The highest BCUT2D eigenvalue weighted by molar-refractivity contribution is 5.47. The molecule has 1 unspecified atom stereocenters. The SMILES string of the molecule is C=Cc1ccc(CC(CN)c2ccc(CC(C)C)cc2)cc1. The highest BCUT2D eigenvalue weighted by atomic mass is 14.5. The van der Waals surface area contributed by atoms with Gasteiger partial charge in [0.25, 0.3) is 0 Å². The minimum atomic E-state index is 0.377. The lowest BCUT2D eigenvalue weighted by Crippen LogP contribution is -2.15. The summed E-state index contributed by atoms with van der Waals surface area (Å²) in [6.07, 6.45) is 3.99. The third kappa shape index (κ3) is 4.57. The van der Waals surface area contributed by atoms with Crippen LogP contribution in [0.15, 0.2) is 55.1 Å². The quantitative estimate of drug-likeness (QED) is 0.778. The molecule has 0 heterocycles. The lowest BCUT2D eigenvalue weighted by Gasteiger charge is -2.16. The summed E-state index contributed by atoms with van der Waals surface area (Å²) in [6, 6.07) is 17.6. The maximum Gasteiger partial charge on any atom is 0.000157 e. The average Bonchev–Trinajstić information content (AvgIpc) is 2.53. The molecule has 0 radical (unpaired) electrons. The van der Waals surface area contributed by atoms with Gasteiger partial charge in [-0.1, -0.05) is 75.0 Å². The Bertz CT molecular complexity index is 578. The molecule has 0 bridgehead atoms. The Balaban J connectivity index is 2.08. The molecular formula is C21H27N. The van der Waals surface area contributed by atoms with Gasteiger partial charge in [0, 0.05) is 5.92 Å².